The molecule has 2 aliphatic rings. The lowest BCUT2D eigenvalue weighted by Gasteiger charge is -2.32. The average molecular weight is 462 g/mol. The van der Waals surface area contributed by atoms with E-state index in [1.54, 1.807) is 0 Å². The van der Waals surface area contributed by atoms with Crippen molar-refractivity contribution in [1.29, 1.82) is 0 Å². The normalized spacial score (nSPS) is 22.5. The molecule has 0 bridgehead atoms. The van der Waals surface area contributed by atoms with E-state index < -0.39 is 0 Å². The zero-order valence-corrected chi connectivity index (χ0v) is 22.4. The topological polar surface area (TPSA) is 36.9 Å². The van der Waals surface area contributed by atoms with Crippen LogP contribution in [0.15, 0.2) is 48.5 Å². The molecular formula is C28H40B2O4. The molecule has 0 spiro atoms. The molecule has 2 heterocycles. The molecule has 0 N–H and O–H groups in total. The van der Waals surface area contributed by atoms with Crippen molar-refractivity contribution in [3.05, 3.63) is 59.7 Å². The number of benzene rings is 2. The number of hydrogen-bond donors (Lipinski definition) is 0. The third-order valence-electron chi connectivity index (χ3n) is 8.31. The summed E-state index contributed by atoms with van der Waals surface area (Å²) in [6.07, 6.45) is 2.20. The summed E-state index contributed by atoms with van der Waals surface area (Å²) in [7, 11) is -0.661. The van der Waals surface area contributed by atoms with E-state index in [-0.39, 0.29) is 36.6 Å². The Bertz CT molecular complexity index is 885. The lowest BCUT2D eigenvalue weighted by Crippen LogP contribution is -2.41. The summed E-state index contributed by atoms with van der Waals surface area (Å²) >= 11 is 0. The Hall–Kier alpha value is -1.59. The number of rotatable bonds is 6. The van der Waals surface area contributed by atoms with Crippen LogP contribution in [-0.2, 0) is 18.6 Å². The second-order valence-electron chi connectivity index (χ2n) is 11.9. The molecule has 2 saturated heterocycles. The second-order valence-corrected chi connectivity index (χ2v) is 11.9. The molecule has 4 nitrogen and oxygen atoms in total. The molecule has 0 aromatic heterocycles. The molecule has 4 rings (SSSR count). The first-order valence-corrected chi connectivity index (χ1v) is 12.7. The van der Waals surface area contributed by atoms with Crippen LogP contribution in [0, 0.1) is 0 Å². The van der Waals surface area contributed by atoms with Crippen molar-refractivity contribution in [3.8, 4) is 0 Å². The SMILES string of the molecule is CCCC(c1ccc(B2OC(C)(C)C(C)(C)O2)cc1)c1ccc(B2OC(C)(C)C(C)(C)O2)cc1. The zero-order chi connectivity index (χ0) is 24.9. The van der Waals surface area contributed by atoms with Gasteiger partial charge in [-0.2, -0.15) is 0 Å². The molecule has 0 radical (unpaired) electrons. The van der Waals surface area contributed by atoms with Crippen molar-refractivity contribution >= 4 is 25.2 Å². The van der Waals surface area contributed by atoms with E-state index in [9.17, 15) is 0 Å². The van der Waals surface area contributed by atoms with Crippen molar-refractivity contribution in [3.63, 3.8) is 0 Å². The molecule has 2 aliphatic heterocycles. The Balaban J connectivity index is 1.52. The van der Waals surface area contributed by atoms with Gasteiger partial charge in [-0.25, -0.2) is 0 Å². The van der Waals surface area contributed by atoms with Crippen LogP contribution in [0.5, 0.6) is 0 Å². The van der Waals surface area contributed by atoms with Gasteiger partial charge in [0, 0.05) is 5.92 Å². The highest BCUT2D eigenvalue weighted by atomic mass is 16.7. The molecule has 2 aromatic carbocycles. The summed E-state index contributed by atoms with van der Waals surface area (Å²) in [6.45, 7) is 19.0. The van der Waals surface area contributed by atoms with Crippen LogP contribution < -0.4 is 10.9 Å². The van der Waals surface area contributed by atoms with Crippen LogP contribution >= 0.6 is 0 Å². The molecule has 34 heavy (non-hydrogen) atoms. The van der Waals surface area contributed by atoms with Gasteiger partial charge >= 0.3 is 14.2 Å². The Labute approximate surface area is 207 Å². The van der Waals surface area contributed by atoms with Crippen molar-refractivity contribution in [1.82, 2.24) is 0 Å². The Kier molecular flexibility index (Phi) is 6.61. The Morgan fingerprint density at radius 2 is 0.853 bits per heavy atom. The molecule has 6 heteroatoms. The fraction of sp³-hybridized carbons (Fsp3) is 0.571. The molecule has 0 amide bonds. The summed E-state index contributed by atoms with van der Waals surface area (Å²) in [4.78, 5) is 0. The van der Waals surface area contributed by atoms with Gasteiger partial charge in [0.1, 0.15) is 0 Å². The highest BCUT2D eigenvalue weighted by Gasteiger charge is 2.52. The van der Waals surface area contributed by atoms with E-state index in [0.717, 1.165) is 23.8 Å². The minimum Gasteiger partial charge on any atom is -0.399 e. The molecule has 0 saturated carbocycles. The van der Waals surface area contributed by atoms with Crippen molar-refractivity contribution in [2.75, 3.05) is 0 Å². The van der Waals surface area contributed by atoms with Gasteiger partial charge in [0.05, 0.1) is 22.4 Å². The predicted octanol–water partition coefficient (Wildman–Crippen LogP) is 5.22. The summed E-state index contributed by atoms with van der Waals surface area (Å²) in [5, 5.41) is 0. The van der Waals surface area contributed by atoms with Crippen LogP contribution in [-0.4, -0.2) is 36.6 Å². The molecular weight excluding hydrogens is 422 g/mol. The molecule has 0 unspecified atom stereocenters. The fourth-order valence-corrected chi connectivity index (χ4v) is 4.54. The van der Waals surface area contributed by atoms with Gasteiger partial charge in [-0.1, -0.05) is 61.9 Å². The van der Waals surface area contributed by atoms with E-state index in [2.05, 4.69) is 111 Å². The third-order valence-corrected chi connectivity index (χ3v) is 8.31. The van der Waals surface area contributed by atoms with Crippen LogP contribution in [0.4, 0.5) is 0 Å². The zero-order valence-electron chi connectivity index (χ0n) is 22.4. The van der Waals surface area contributed by atoms with E-state index in [4.69, 9.17) is 18.6 Å². The quantitative estimate of drug-likeness (QED) is 0.552. The van der Waals surface area contributed by atoms with Crippen LogP contribution in [0.1, 0.15) is 92.2 Å². The van der Waals surface area contributed by atoms with Crippen LogP contribution in [0.25, 0.3) is 0 Å². The minimum absolute atomic E-state index is 0.331. The minimum atomic E-state index is -0.333. The van der Waals surface area contributed by atoms with Gasteiger partial charge in [0.25, 0.3) is 0 Å². The highest BCUT2D eigenvalue weighted by molar-refractivity contribution is 6.62. The summed E-state index contributed by atoms with van der Waals surface area (Å²) in [6, 6.07) is 17.5. The molecule has 0 aliphatic carbocycles. The third kappa shape index (κ3) is 4.63. The van der Waals surface area contributed by atoms with Crippen molar-refractivity contribution in [2.45, 2.75) is 103 Å². The van der Waals surface area contributed by atoms with Gasteiger partial charge in [0.2, 0.25) is 0 Å². The van der Waals surface area contributed by atoms with Gasteiger partial charge in [-0.15, -0.1) is 0 Å². The monoisotopic (exact) mass is 462 g/mol. The maximum atomic E-state index is 6.23. The smallest absolute Gasteiger partial charge is 0.399 e. The van der Waals surface area contributed by atoms with E-state index in [0.29, 0.717) is 5.92 Å². The molecule has 0 atom stereocenters. The summed E-state index contributed by atoms with van der Waals surface area (Å²) < 4.78 is 24.9. The molecule has 2 fully saturated rings. The van der Waals surface area contributed by atoms with Gasteiger partial charge in [-0.3, -0.25) is 0 Å². The van der Waals surface area contributed by atoms with E-state index in [1.165, 1.54) is 11.1 Å². The first-order valence-electron chi connectivity index (χ1n) is 12.7. The standard InChI is InChI=1S/C28H40B2O4/c1-10-11-24(20-12-16-22(17-13-20)29-31-25(2,3)26(4,5)32-29)21-14-18-23(19-15-21)30-33-27(6,7)28(8,9)34-30/h12-19,24H,10-11H2,1-9H3. The first-order chi connectivity index (χ1) is 15.8. The van der Waals surface area contributed by atoms with Crippen molar-refractivity contribution < 1.29 is 18.6 Å². The van der Waals surface area contributed by atoms with E-state index >= 15 is 0 Å². The molecule has 2 aromatic rings. The van der Waals surface area contributed by atoms with Gasteiger partial charge in [-0.05, 0) is 83.9 Å². The lowest BCUT2D eigenvalue weighted by molar-refractivity contribution is 0.00578. The van der Waals surface area contributed by atoms with Crippen LogP contribution in [0.2, 0.25) is 0 Å². The predicted molar refractivity (Wildman–Crippen MR) is 141 cm³/mol. The average Bonchev–Trinajstić information content (AvgIpc) is 3.12. The van der Waals surface area contributed by atoms with Crippen LogP contribution in [0.3, 0.4) is 0 Å². The van der Waals surface area contributed by atoms with Gasteiger partial charge < -0.3 is 18.6 Å². The second kappa shape index (κ2) is 8.81. The fourth-order valence-electron chi connectivity index (χ4n) is 4.54. The lowest BCUT2D eigenvalue weighted by atomic mass is 9.76. The maximum absolute atomic E-state index is 6.23. The summed E-state index contributed by atoms with van der Waals surface area (Å²) in [5.74, 6) is 0.338. The maximum Gasteiger partial charge on any atom is 0.494 e. The Morgan fingerprint density at radius 3 is 1.12 bits per heavy atom. The van der Waals surface area contributed by atoms with Gasteiger partial charge in [0.15, 0.2) is 0 Å². The largest absolute Gasteiger partial charge is 0.494 e. The summed E-state index contributed by atoms with van der Waals surface area (Å²) in [5.41, 5.74) is 3.42. The van der Waals surface area contributed by atoms with E-state index in [1.807, 2.05) is 0 Å². The number of hydrogen-bond acceptors (Lipinski definition) is 4. The Morgan fingerprint density at radius 1 is 0.559 bits per heavy atom. The van der Waals surface area contributed by atoms with Crippen molar-refractivity contribution in [2.24, 2.45) is 0 Å². The first kappa shape index (κ1) is 25.5. The molecule has 182 valence electrons. The highest BCUT2D eigenvalue weighted by Crippen LogP contribution is 2.38.